The largest absolute Gasteiger partial charge is 0.350 e. The van der Waals surface area contributed by atoms with E-state index < -0.39 is 18.2 Å². The van der Waals surface area contributed by atoms with Gasteiger partial charge in [-0.1, -0.05) is 27.5 Å². The van der Waals surface area contributed by atoms with Gasteiger partial charge in [-0.05, 0) is 61.9 Å². The molecule has 38 heavy (non-hydrogen) atoms. The third-order valence-electron chi connectivity index (χ3n) is 5.10. The molecule has 0 atom stereocenters. The van der Waals surface area contributed by atoms with Crippen LogP contribution in [0.1, 0.15) is 58.2 Å². The molecule has 1 aromatic carbocycles. The highest BCUT2D eigenvalue weighted by Crippen LogP contribution is 2.28. The first-order chi connectivity index (χ1) is 18.0. The number of nitrogens with one attached hydrogen (secondary N) is 2. The molecule has 0 unspecified atom stereocenters. The molecule has 2 N–H and O–H groups in total. The number of anilines is 1. The van der Waals surface area contributed by atoms with E-state index in [1.54, 1.807) is 31.2 Å². The van der Waals surface area contributed by atoms with Gasteiger partial charge in [0.15, 0.2) is 5.82 Å². The summed E-state index contributed by atoms with van der Waals surface area (Å²) in [5.41, 5.74) is 1.47. The molecule has 0 fully saturated rings. The number of alkyl halides is 2. The molecule has 3 aromatic heterocycles. The van der Waals surface area contributed by atoms with E-state index in [-0.39, 0.29) is 46.3 Å². The molecule has 0 bridgehead atoms. The first kappa shape index (κ1) is 27.3. The van der Waals surface area contributed by atoms with Gasteiger partial charge >= 0.3 is 6.43 Å². The summed E-state index contributed by atoms with van der Waals surface area (Å²) in [5.74, 6) is -1.55. The number of tetrazole rings is 1. The summed E-state index contributed by atoms with van der Waals surface area (Å²) >= 11 is 9.72. The molecule has 3 heterocycles. The van der Waals surface area contributed by atoms with Crippen LogP contribution >= 0.6 is 27.5 Å². The lowest BCUT2D eigenvalue weighted by molar-refractivity contribution is 0.0943. The van der Waals surface area contributed by atoms with Gasteiger partial charge in [-0.3, -0.25) is 9.59 Å². The van der Waals surface area contributed by atoms with Gasteiger partial charge in [0.1, 0.15) is 12.2 Å². The summed E-state index contributed by atoms with van der Waals surface area (Å²) in [7, 11) is 0. The second-order valence-electron chi connectivity index (χ2n) is 8.45. The molecule has 198 valence electrons. The first-order valence-corrected chi connectivity index (χ1v) is 12.4. The average molecular weight is 609 g/mol. The Morgan fingerprint density at radius 3 is 2.58 bits per heavy atom. The zero-order valence-corrected chi connectivity index (χ0v) is 22.6. The van der Waals surface area contributed by atoms with Crippen molar-refractivity contribution in [3.8, 4) is 5.82 Å². The molecular formula is C23H21BrClF2N9O2. The molecule has 4 aromatic rings. The minimum Gasteiger partial charge on any atom is -0.350 e. The number of rotatable bonds is 8. The van der Waals surface area contributed by atoms with Crippen molar-refractivity contribution in [1.29, 1.82) is 0 Å². The highest BCUT2D eigenvalue weighted by molar-refractivity contribution is 9.10. The van der Waals surface area contributed by atoms with Crippen LogP contribution in [-0.2, 0) is 6.54 Å². The molecule has 0 radical (unpaired) electrons. The van der Waals surface area contributed by atoms with E-state index in [4.69, 9.17) is 11.6 Å². The molecule has 15 heteroatoms. The predicted molar refractivity (Wildman–Crippen MR) is 138 cm³/mol. The van der Waals surface area contributed by atoms with Crippen molar-refractivity contribution in [2.45, 2.75) is 39.8 Å². The van der Waals surface area contributed by atoms with Crippen molar-refractivity contribution < 1.29 is 18.4 Å². The van der Waals surface area contributed by atoms with E-state index in [0.29, 0.717) is 15.7 Å². The standard InChI is InChI=1S/C23H21BrClF2N9O2/c1-11(2)29-22(37)15-8-13(24)7-12(3)18(15)30-23(38)17-9-14(10-35-33-20(19(26)27)31-34-35)32-36(17)21-16(25)5-4-6-28-21/h4-9,11,19H,10H2,1-3H3,(H,29,37)(H,30,38). The van der Waals surface area contributed by atoms with Gasteiger partial charge in [-0.15, -0.1) is 10.2 Å². The van der Waals surface area contributed by atoms with Gasteiger partial charge in [-0.25, -0.2) is 18.4 Å². The van der Waals surface area contributed by atoms with Crippen LogP contribution < -0.4 is 10.6 Å². The summed E-state index contributed by atoms with van der Waals surface area (Å²) in [6.45, 7) is 5.25. The fraction of sp³-hybridized carbons (Fsp3) is 0.261. The number of benzene rings is 1. The minimum atomic E-state index is -2.88. The van der Waals surface area contributed by atoms with Crippen LogP contribution in [0.2, 0.25) is 5.02 Å². The second kappa shape index (κ2) is 11.3. The van der Waals surface area contributed by atoms with Crippen LogP contribution in [0, 0.1) is 6.92 Å². The molecule has 0 saturated carbocycles. The zero-order chi connectivity index (χ0) is 27.6. The third kappa shape index (κ3) is 6.02. The lowest BCUT2D eigenvalue weighted by Gasteiger charge is -2.16. The SMILES string of the molecule is Cc1cc(Br)cc(C(=O)NC(C)C)c1NC(=O)c1cc(Cn2nnc(C(F)F)n2)nn1-c1ncccc1Cl. The highest BCUT2D eigenvalue weighted by atomic mass is 79.9. The molecule has 0 aliphatic carbocycles. The van der Waals surface area contributed by atoms with Crippen molar-refractivity contribution in [1.82, 2.24) is 40.3 Å². The summed E-state index contributed by atoms with van der Waals surface area (Å²) in [6, 6.07) is 7.86. The first-order valence-electron chi connectivity index (χ1n) is 11.2. The van der Waals surface area contributed by atoms with Crippen LogP contribution in [0.4, 0.5) is 14.5 Å². The fourth-order valence-electron chi connectivity index (χ4n) is 3.52. The topological polar surface area (TPSA) is 133 Å². The molecule has 0 aliphatic rings. The Morgan fingerprint density at radius 1 is 1.16 bits per heavy atom. The number of hydrogen-bond donors (Lipinski definition) is 2. The Bertz CT molecular complexity index is 1510. The van der Waals surface area contributed by atoms with Crippen LogP contribution in [0.5, 0.6) is 0 Å². The van der Waals surface area contributed by atoms with E-state index in [0.717, 1.165) is 4.80 Å². The minimum absolute atomic E-state index is 0.0207. The molecule has 0 spiro atoms. The quantitative estimate of drug-likeness (QED) is 0.304. The predicted octanol–water partition coefficient (Wildman–Crippen LogP) is 4.35. The van der Waals surface area contributed by atoms with Crippen molar-refractivity contribution in [3.63, 3.8) is 0 Å². The van der Waals surface area contributed by atoms with Crippen LogP contribution in [0.15, 0.2) is 41.0 Å². The number of pyridine rings is 1. The van der Waals surface area contributed by atoms with Crippen LogP contribution in [0.3, 0.4) is 0 Å². The Kier molecular flexibility index (Phi) is 8.11. The van der Waals surface area contributed by atoms with Gasteiger partial charge in [0, 0.05) is 16.7 Å². The maximum atomic E-state index is 13.6. The van der Waals surface area contributed by atoms with Gasteiger partial charge in [0.05, 0.1) is 22.0 Å². The molecule has 0 saturated heterocycles. The summed E-state index contributed by atoms with van der Waals surface area (Å²) in [6.07, 6.45) is -1.41. The van der Waals surface area contributed by atoms with E-state index >= 15 is 0 Å². The summed E-state index contributed by atoms with van der Waals surface area (Å²) in [5, 5.41) is 20.8. The van der Waals surface area contributed by atoms with E-state index in [9.17, 15) is 18.4 Å². The number of aromatic nitrogens is 7. The molecule has 2 amide bonds. The van der Waals surface area contributed by atoms with Crippen LogP contribution in [0.25, 0.3) is 5.82 Å². The van der Waals surface area contributed by atoms with Gasteiger partial charge in [-0.2, -0.15) is 9.90 Å². The van der Waals surface area contributed by atoms with Gasteiger partial charge < -0.3 is 10.6 Å². The fourth-order valence-corrected chi connectivity index (χ4v) is 4.30. The number of amides is 2. The number of nitrogens with zero attached hydrogens (tertiary/aromatic N) is 7. The molecule has 11 nitrogen and oxygen atoms in total. The van der Waals surface area contributed by atoms with Gasteiger partial charge in [0.2, 0.25) is 5.82 Å². The Balaban J connectivity index is 1.74. The monoisotopic (exact) mass is 607 g/mol. The molecule has 4 rings (SSSR count). The Labute approximate surface area is 228 Å². The Hall–Kier alpha value is -3.78. The zero-order valence-electron chi connectivity index (χ0n) is 20.3. The number of carbonyl (C=O) groups excluding carboxylic acids is 2. The van der Waals surface area contributed by atoms with Crippen LogP contribution in [-0.4, -0.2) is 52.8 Å². The number of hydrogen-bond acceptors (Lipinski definition) is 7. The van der Waals surface area contributed by atoms with E-state index in [1.165, 1.54) is 16.9 Å². The molecule has 0 aliphatic heterocycles. The highest BCUT2D eigenvalue weighted by Gasteiger charge is 2.24. The third-order valence-corrected chi connectivity index (χ3v) is 5.86. The summed E-state index contributed by atoms with van der Waals surface area (Å²) in [4.78, 5) is 31.6. The molecular weight excluding hydrogens is 588 g/mol. The lowest BCUT2D eigenvalue weighted by atomic mass is 10.1. The second-order valence-corrected chi connectivity index (χ2v) is 9.77. The van der Waals surface area contributed by atoms with Crippen molar-refractivity contribution in [2.75, 3.05) is 5.32 Å². The maximum absolute atomic E-state index is 13.6. The van der Waals surface area contributed by atoms with Crippen molar-refractivity contribution in [3.05, 3.63) is 74.4 Å². The maximum Gasteiger partial charge on any atom is 0.301 e. The van der Waals surface area contributed by atoms with Crippen molar-refractivity contribution >= 4 is 45.0 Å². The number of halogens is 4. The number of aryl methyl sites for hydroxylation is 1. The Morgan fingerprint density at radius 2 is 1.92 bits per heavy atom. The van der Waals surface area contributed by atoms with E-state index in [1.807, 2.05) is 13.8 Å². The summed E-state index contributed by atoms with van der Waals surface area (Å²) < 4.78 is 27.6. The van der Waals surface area contributed by atoms with Gasteiger partial charge in [0.25, 0.3) is 11.8 Å². The average Bonchev–Trinajstić information content (AvgIpc) is 3.48. The van der Waals surface area contributed by atoms with E-state index in [2.05, 4.69) is 52.1 Å². The number of carbonyl (C=O) groups is 2. The normalized spacial score (nSPS) is 11.3. The smallest absolute Gasteiger partial charge is 0.301 e. The van der Waals surface area contributed by atoms with Crippen molar-refractivity contribution in [2.24, 2.45) is 0 Å². The lowest BCUT2D eigenvalue weighted by Crippen LogP contribution is -2.31.